The largest absolute Gasteiger partial charge is 0.394 e. The van der Waals surface area contributed by atoms with Crippen molar-refractivity contribution in [3.63, 3.8) is 0 Å². The Morgan fingerprint density at radius 1 is 0.493 bits per heavy atom. The van der Waals surface area contributed by atoms with Gasteiger partial charge in [-0.15, -0.1) is 0 Å². The first-order valence-corrected chi connectivity index (χ1v) is 29.1. The number of allylic oxidation sites excluding steroid dienone is 3. The van der Waals surface area contributed by atoms with E-state index in [0.29, 0.717) is 6.42 Å². The lowest BCUT2D eigenvalue weighted by atomic mass is 9.99. The van der Waals surface area contributed by atoms with Gasteiger partial charge in [-0.25, -0.2) is 0 Å². The first-order valence-electron chi connectivity index (χ1n) is 29.1. The summed E-state index contributed by atoms with van der Waals surface area (Å²) >= 11 is 0. The fraction of sp³-hybridized carbons (Fsp3) is 0.914. The minimum absolute atomic E-state index is 0.184. The second-order valence-corrected chi connectivity index (χ2v) is 20.4. The lowest BCUT2D eigenvalue weighted by molar-refractivity contribution is -0.302. The first kappa shape index (κ1) is 63.7. The van der Waals surface area contributed by atoms with Crippen molar-refractivity contribution >= 4 is 5.91 Å². The number of aliphatic hydroxyl groups excluding tert-OH is 5. The molecule has 9 nitrogen and oxygen atoms in total. The van der Waals surface area contributed by atoms with Crippen molar-refractivity contribution in [1.82, 2.24) is 5.32 Å². The van der Waals surface area contributed by atoms with Gasteiger partial charge in [-0.3, -0.25) is 4.79 Å². The van der Waals surface area contributed by atoms with Crippen LogP contribution in [0.4, 0.5) is 0 Å². The maximum atomic E-state index is 13.0. The number of unbranched alkanes of at least 4 members (excludes halogenated alkanes) is 38. The van der Waals surface area contributed by atoms with Crippen LogP contribution >= 0.6 is 0 Å². The van der Waals surface area contributed by atoms with Gasteiger partial charge in [0.1, 0.15) is 24.4 Å². The number of amides is 1. The minimum atomic E-state index is -1.57. The Morgan fingerprint density at radius 3 is 1.25 bits per heavy atom. The minimum Gasteiger partial charge on any atom is -0.394 e. The summed E-state index contributed by atoms with van der Waals surface area (Å²) in [5.74, 6) is -0.184. The second kappa shape index (κ2) is 48.3. The van der Waals surface area contributed by atoms with E-state index in [1.165, 1.54) is 225 Å². The molecule has 0 aromatic carbocycles. The van der Waals surface area contributed by atoms with E-state index in [0.717, 1.165) is 38.5 Å². The Kier molecular flexibility index (Phi) is 45.9. The second-order valence-electron chi connectivity index (χ2n) is 20.4. The van der Waals surface area contributed by atoms with E-state index in [-0.39, 0.29) is 12.5 Å². The highest BCUT2D eigenvalue weighted by Gasteiger charge is 2.44. The summed E-state index contributed by atoms with van der Waals surface area (Å²) in [4.78, 5) is 13.0. The van der Waals surface area contributed by atoms with E-state index < -0.39 is 49.5 Å². The predicted octanol–water partition coefficient (Wildman–Crippen LogP) is 14.2. The van der Waals surface area contributed by atoms with E-state index in [4.69, 9.17) is 9.47 Å². The van der Waals surface area contributed by atoms with E-state index in [2.05, 4.69) is 31.3 Å². The zero-order valence-corrected chi connectivity index (χ0v) is 43.9. The van der Waals surface area contributed by atoms with Crippen LogP contribution in [0.2, 0.25) is 0 Å². The van der Waals surface area contributed by atoms with E-state index in [1.807, 2.05) is 6.08 Å². The van der Waals surface area contributed by atoms with Crippen LogP contribution in [0.5, 0.6) is 0 Å². The molecule has 0 aromatic rings. The molecule has 0 saturated carbocycles. The molecule has 0 spiro atoms. The van der Waals surface area contributed by atoms with Crippen molar-refractivity contribution in [3.8, 4) is 0 Å². The molecular formula is C58H111NO8. The number of nitrogens with one attached hydrogen (secondary N) is 1. The highest BCUT2D eigenvalue weighted by molar-refractivity contribution is 5.76. The molecule has 1 amide bonds. The van der Waals surface area contributed by atoms with Crippen LogP contribution in [0.1, 0.15) is 284 Å². The summed E-state index contributed by atoms with van der Waals surface area (Å²) in [5.41, 5.74) is 0. The fourth-order valence-electron chi connectivity index (χ4n) is 9.41. The topological polar surface area (TPSA) is 149 Å². The molecule has 1 heterocycles. The first-order chi connectivity index (χ1) is 32.8. The summed E-state index contributed by atoms with van der Waals surface area (Å²) in [5, 5.41) is 54.4. The summed E-state index contributed by atoms with van der Waals surface area (Å²) in [7, 11) is 0. The number of carbonyl (C=O) groups excluding carboxylic acids is 1. The number of rotatable bonds is 50. The van der Waals surface area contributed by atoms with Gasteiger partial charge >= 0.3 is 0 Å². The third-order valence-electron chi connectivity index (χ3n) is 14.0. The van der Waals surface area contributed by atoms with Gasteiger partial charge in [0.25, 0.3) is 0 Å². The monoisotopic (exact) mass is 950 g/mol. The maximum absolute atomic E-state index is 13.0. The van der Waals surface area contributed by atoms with Gasteiger partial charge < -0.3 is 40.3 Å². The van der Waals surface area contributed by atoms with Crippen molar-refractivity contribution < 1.29 is 39.8 Å². The number of ether oxygens (including phenoxy) is 2. The quantitative estimate of drug-likeness (QED) is 0.0261. The average Bonchev–Trinajstić information content (AvgIpc) is 3.33. The molecule has 1 rings (SSSR count). The molecule has 0 bridgehead atoms. The number of hydrogen-bond donors (Lipinski definition) is 6. The van der Waals surface area contributed by atoms with Crippen LogP contribution in [0, 0.1) is 0 Å². The molecule has 1 aliphatic rings. The zero-order chi connectivity index (χ0) is 48.7. The molecule has 9 heteroatoms. The Hall–Kier alpha value is -1.33. The molecule has 396 valence electrons. The van der Waals surface area contributed by atoms with E-state index in [9.17, 15) is 30.3 Å². The molecule has 1 fully saturated rings. The standard InChI is InChI=1S/C58H111NO8/c1-3-5-7-9-11-13-15-17-18-19-20-21-22-23-24-25-26-27-28-29-30-31-32-33-34-36-37-39-41-43-45-47-52(61)51(50-66-58-57(65)56(64)55(63)53(49-60)67-58)59-54(62)48-46-44-42-40-38-35-16-14-12-10-8-6-4-2/h37,39,45,47,51-53,55-58,60-61,63-65H,3-36,38,40-44,46,48-50H2,1-2H3,(H,59,62)/b39-37+,47-45+. The smallest absolute Gasteiger partial charge is 0.220 e. The maximum Gasteiger partial charge on any atom is 0.220 e. The average molecular weight is 951 g/mol. The third-order valence-corrected chi connectivity index (χ3v) is 14.0. The van der Waals surface area contributed by atoms with E-state index >= 15 is 0 Å². The molecule has 67 heavy (non-hydrogen) atoms. The van der Waals surface area contributed by atoms with Crippen LogP contribution in [0.3, 0.4) is 0 Å². The van der Waals surface area contributed by atoms with E-state index in [1.54, 1.807) is 6.08 Å². The Bertz CT molecular complexity index is 1100. The fourth-order valence-corrected chi connectivity index (χ4v) is 9.41. The Labute approximate surface area is 413 Å². The Balaban J connectivity index is 2.17. The van der Waals surface area contributed by atoms with Gasteiger partial charge in [0, 0.05) is 6.42 Å². The van der Waals surface area contributed by atoms with Gasteiger partial charge in [-0.2, -0.15) is 0 Å². The Morgan fingerprint density at radius 2 is 0.851 bits per heavy atom. The molecule has 0 aromatic heterocycles. The molecular weight excluding hydrogens is 839 g/mol. The molecule has 0 radical (unpaired) electrons. The highest BCUT2D eigenvalue weighted by atomic mass is 16.7. The van der Waals surface area contributed by atoms with Gasteiger partial charge in [0.2, 0.25) is 5.91 Å². The summed E-state index contributed by atoms with van der Waals surface area (Å²) < 4.78 is 11.2. The van der Waals surface area contributed by atoms with Crippen LogP contribution in [0.15, 0.2) is 24.3 Å². The number of hydrogen-bond acceptors (Lipinski definition) is 8. The predicted molar refractivity (Wildman–Crippen MR) is 281 cm³/mol. The van der Waals surface area contributed by atoms with Crippen LogP contribution in [-0.4, -0.2) is 87.5 Å². The van der Waals surface area contributed by atoms with Crippen LogP contribution in [-0.2, 0) is 14.3 Å². The number of aliphatic hydroxyl groups is 5. The SMILES string of the molecule is CCCCCCCCCCCCCCCCCCCCCCCCCCC/C=C/CC/C=C/C(O)C(COC1OC(CO)C(O)C(O)C1O)NC(=O)CCCCCCCCCCCCCCC. The van der Waals surface area contributed by atoms with Crippen molar-refractivity contribution in [2.24, 2.45) is 0 Å². The molecule has 1 aliphatic heterocycles. The summed E-state index contributed by atoms with van der Waals surface area (Å²) in [6.45, 7) is 3.79. The zero-order valence-electron chi connectivity index (χ0n) is 43.9. The van der Waals surface area contributed by atoms with Gasteiger partial charge in [-0.05, 0) is 32.1 Å². The van der Waals surface area contributed by atoms with Crippen LogP contribution in [0.25, 0.3) is 0 Å². The van der Waals surface area contributed by atoms with Crippen molar-refractivity contribution in [2.75, 3.05) is 13.2 Å². The van der Waals surface area contributed by atoms with Gasteiger partial charge in [0.05, 0.1) is 25.4 Å². The lowest BCUT2D eigenvalue weighted by Crippen LogP contribution is -2.60. The normalized spacial score (nSPS) is 19.8. The summed E-state index contributed by atoms with van der Waals surface area (Å²) in [6, 6.07) is -0.817. The van der Waals surface area contributed by atoms with Crippen molar-refractivity contribution in [3.05, 3.63) is 24.3 Å². The van der Waals surface area contributed by atoms with Crippen LogP contribution < -0.4 is 5.32 Å². The van der Waals surface area contributed by atoms with Gasteiger partial charge in [0.15, 0.2) is 6.29 Å². The molecule has 6 N–H and O–H groups in total. The van der Waals surface area contributed by atoms with Crippen molar-refractivity contribution in [2.45, 2.75) is 326 Å². The van der Waals surface area contributed by atoms with Crippen molar-refractivity contribution in [1.29, 1.82) is 0 Å². The third kappa shape index (κ3) is 38.1. The molecule has 1 saturated heterocycles. The lowest BCUT2D eigenvalue weighted by Gasteiger charge is -2.40. The summed E-state index contributed by atoms with van der Waals surface area (Å²) in [6.07, 6.45) is 54.1. The molecule has 7 atom stereocenters. The molecule has 0 aliphatic carbocycles. The van der Waals surface area contributed by atoms with Gasteiger partial charge in [-0.1, -0.05) is 269 Å². The number of carbonyl (C=O) groups is 1. The molecule has 7 unspecified atom stereocenters. The highest BCUT2D eigenvalue weighted by Crippen LogP contribution is 2.23.